The van der Waals surface area contributed by atoms with Crippen molar-refractivity contribution in [2.75, 3.05) is 20.8 Å². The van der Waals surface area contributed by atoms with E-state index in [4.69, 9.17) is 18.6 Å². The van der Waals surface area contributed by atoms with Gasteiger partial charge < -0.3 is 23.9 Å². The fourth-order valence-electron chi connectivity index (χ4n) is 2.77. The van der Waals surface area contributed by atoms with E-state index in [-0.39, 0.29) is 18.1 Å². The third kappa shape index (κ3) is 6.93. The number of carbonyl (C=O) groups excluding carboxylic acids is 3. The Kier molecular flexibility index (Phi) is 9.04. The monoisotopic (exact) mass is 607 g/mol. The fraction of sp³-hybridized carbons (Fsp3) is 0.130. The van der Waals surface area contributed by atoms with Gasteiger partial charge in [0.25, 0.3) is 11.8 Å². The van der Waals surface area contributed by atoms with E-state index in [1.165, 1.54) is 38.8 Å². The summed E-state index contributed by atoms with van der Waals surface area (Å²) in [7, 11) is 2.94. The molecule has 2 aromatic carbocycles. The van der Waals surface area contributed by atoms with Crippen molar-refractivity contribution in [2.45, 2.75) is 0 Å². The minimum atomic E-state index is -0.699. The molecule has 35 heavy (non-hydrogen) atoms. The molecule has 3 aromatic rings. The molecule has 0 saturated heterocycles. The first kappa shape index (κ1) is 26.0. The van der Waals surface area contributed by atoms with Gasteiger partial charge in [-0.05, 0) is 58.4 Å². The molecule has 1 aromatic heterocycles. The van der Waals surface area contributed by atoms with E-state index < -0.39 is 17.8 Å². The number of furan rings is 1. The van der Waals surface area contributed by atoms with Crippen LogP contribution in [0.2, 0.25) is 0 Å². The molecule has 12 heteroatoms. The maximum atomic E-state index is 12.3. The Morgan fingerprint density at radius 1 is 1.06 bits per heavy atom. The number of hydrogen-bond donors (Lipinski definition) is 2. The van der Waals surface area contributed by atoms with Crippen molar-refractivity contribution in [3.63, 3.8) is 0 Å². The van der Waals surface area contributed by atoms with Crippen LogP contribution in [0.15, 0.2) is 67.2 Å². The van der Waals surface area contributed by atoms with Crippen LogP contribution in [0, 0.1) is 0 Å². The number of nitrogens with zero attached hydrogens (tertiary/aromatic N) is 1. The van der Waals surface area contributed by atoms with E-state index in [1.807, 2.05) is 0 Å². The highest BCUT2D eigenvalue weighted by molar-refractivity contribution is 9.11. The zero-order valence-corrected chi connectivity index (χ0v) is 21.6. The first-order chi connectivity index (χ1) is 16.8. The quantitative estimate of drug-likeness (QED) is 0.163. The summed E-state index contributed by atoms with van der Waals surface area (Å²) < 4.78 is 21.9. The lowest BCUT2D eigenvalue weighted by molar-refractivity contribution is -0.120. The largest absolute Gasteiger partial charge is 0.493 e. The minimum Gasteiger partial charge on any atom is -0.493 e. The number of esters is 1. The van der Waals surface area contributed by atoms with Crippen LogP contribution in [-0.2, 0) is 4.79 Å². The number of carbonyl (C=O) groups is 3. The Balaban J connectivity index is 1.61. The molecule has 2 amide bonds. The zero-order chi connectivity index (χ0) is 25.4. The van der Waals surface area contributed by atoms with Crippen LogP contribution < -0.4 is 25.0 Å². The van der Waals surface area contributed by atoms with Gasteiger partial charge in [0, 0.05) is 15.6 Å². The summed E-state index contributed by atoms with van der Waals surface area (Å²) in [5.74, 6) is -0.681. The molecule has 0 fully saturated rings. The number of nitrogens with one attached hydrogen (secondary N) is 2. The summed E-state index contributed by atoms with van der Waals surface area (Å²) in [4.78, 5) is 36.8. The number of rotatable bonds is 9. The first-order valence-corrected chi connectivity index (χ1v) is 11.5. The van der Waals surface area contributed by atoms with Crippen molar-refractivity contribution in [1.29, 1.82) is 0 Å². The van der Waals surface area contributed by atoms with Gasteiger partial charge in [-0.25, -0.2) is 10.2 Å². The van der Waals surface area contributed by atoms with Crippen LogP contribution in [0.25, 0.3) is 0 Å². The van der Waals surface area contributed by atoms with Crippen molar-refractivity contribution in [1.82, 2.24) is 10.7 Å². The van der Waals surface area contributed by atoms with Gasteiger partial charge >= 0.3 is 5.97 Å². The summed E-state index contributed by atoms with van der Waals surface area (Å²) >= 11 is 6.69. The highest BCUT2D eigenvalue weighted by Gasteiger charge is 2.17. The van der Waals surface area contributed by atoms with Gasteiger partial charge in [0.2, 0.25) is 5.76 Å². The van der Waals surface area contributed by atoms with Gasteiger partial charge in [0.05, 0.1) is 37.7 Å². The Morgan fingerprint density at radius 2 is 1.83 bits per heavy atom. The van der Waals surface area contributed by atoms with Crippen LogP contribution in [-0.4, -0.2) is 44.8 Å². The molecule has 0 radical (unpaired) electrons. The number of methoxy groups -OCH3 is 2. The summed E-state index contributed by atoms with van der Waals surface area (Å²) in [6, 6.07) is 11.0. The lowest BCUT2D eigenvalue weighted by Gasteiger charge is -2.10. The SMILES string of the molecule is COc1ccc(C(=O)NCC(=O)N/N=C/c2cc(Br)cc(Br)c2OC(=O)c2ccco2)cc1OC. The van der Waals surface area contributed by atoms with Gasteiger partial charge in [0.1, 0.15) is 0 Å². The Bertz CT molecular complexity index is 1260. The van der Waals surface area contributed by atoms with E-state index in [0.29, 0.717) is 31.6 Å². The molecule has 182 valence electrons. The lowest BCUT2D eigenvalue weighted by atomic mass is 10.2. The summed E-state index contributed by atoms with van der Waals surface area (Å²) in [5.41, 5.74) is 2.99. The van der Waals surface area contributed by atoms with Gasteiger partial charge in [-0.1, -0.05) is 15.9 Å². The molecule has 3 rings (SSSR count). The van der Waals surface area contributed by atoms with Gasteiger partial charge in [-0.2, -0.15) is 5.10 Å². The Morgan fingerprint density at radius 3 is 2.51 bits per heavy atom. The molecule has 0 spiro atoms. The number of amides is 2. The summed E-state index contributed by atoms with van der Waals surface area (Å²) in [6.45, 7) is -0.326. The molecule has 0 aliphatic carbocycles. The Hall–Kier alpha value is -3.64. The lowest BCUT2D eigenvalue weighted by Crippen LogP contribution is -2.34. The smallest absolute Gasteiger partial charge is 0.379 e. The minimum absolute atomic E-state index is 0.0289. The van der Waals surface area contributed by atoms with Gasteiger partial charge in [0.15, 0.2) is 17.2 Å². The van der Waals surface area contributed by atoms with Crippen LogP contribution in [0.3, 0.4) is 0 Å². The van der Waals surface area contributed by atoms with Crippen LogP contribution in [0.5, 0.6) is 17.2 Å². The predicted octanol–water partition coefficient (Wildman–Crippen LogP) is 3.92. The predicted molar refractivity (Wildman–Crippen MR) is 133 cm³/mol. The number of benzene rings is 2. The average Bonchev–Trinajstić information content (AvgIpc) is 3.39. The average molecular weight is 609 g/mol. The van der Waals surface area contributed by atoms with Crippen molar-refractivity contribution >= 4 is 55.9 Å². The molecule has 0 aliphatic rings. The third-order valence-corrected chi connectivity index (χ3v) is 5.45. The first-order valence-electron chi connectivity index (χ1n) is 9.89. The molecular formula is C23H19Br2N3O7. The number of ether oxygens (including phenoxy) is 3. The Labute approximate surface area is 216 Å². The topological polar surface area (TPSA) is 128 Å². The number of hydrogen-bond acceptors (Lipinski definition) is 8. The molecule has 2 N–H and O–H groups in total. The second-order valence-corrected chi connectivity index (χ2v) is 8.49. The highest BCUT2D eigenvalue weighted by Crippen LogP contribution is 2.33. The molecule has 0 saturated carbocycles. The van der Waals surface area contributed by atoms with Gasteiger partial charge in [-0.3, -0.25) is 9.59 Å². The molecule has 0 unspecified atom stereocenters. The molecule has 0 aliphatic heterocycles. The third-order valence-electron chi connectivity index (χ3n) is 4.40. The number of halogens is 2. The van der Waals surface area contributed by atoms with E-state index in [1.54, 1.807) is 30.3 Å². The van der Waals surface area contributed by atoms with E-state index >= 15 is 0 Å². The highest BCUT2D eigenvalue weighted by atomic mass is 79.9. The van der Waals surface area contributed by atoms with E-state index in [2.05, 4.69) is 47.7 Å². The maximum absolute atomic E-state index is 12.3. The second-order valence-electron chi connectivity index (χ2n) is 6.72. The molecule has 10 nitrogen and oxygen atoms in total. The second kappa shape index (κ2) is 12.2. The van der Waals surface area contributed by atoms with Crippen molar-refractivity contribution in [3.8, 4) is 17.2 Å². The van der Waals surface area contributed by atoms with E-state index in [0.717, 1.165) is 0 Å². The maximum Gasteiger partial charge on any atom is 0.379 e. The summed E-state index contributed by atoms with van der Waals surface area (Å²) in [6.07, 6.45) is 2.66. The summed E-state index contributed by atoms with van der Waals surface area (Å²) in [5, 5.41) is 6.38. The normalized spacial score (nSPS) is 10.6. The van der Waals surface area contributed by atoms with Crippen molar-refractivity contribution in [3.05, 3.63) is 74.6 Å². The van der Waals surface area contributed by atoms with Crippen molar-refractivity contribution < 1.29 is 33.0 Å². The van der Waals surface area contributed by atoms with E-state index in [9.17, 15) is 14.4 Å². The molecule has 1 heterocycles. The van der Waals surface area contributed by atoms with Crippen LogP contribution >= 0.6 is 31.9 Å². The standard InChI is InChI=1S/C23H19Br2N3O7/c1-32-17-6-5-13(9-19(17)33-2)22(30)26-12-20(29)28-27-11-14-8-15(24)10-16(25)21(14)35-23(31)18-4-3-7-34-18/h3-11H,12H2,1-2H3,(H,26,30)(H,28,29)/b27-11+. The molecule has 0 atom stereocenters. The molecule has 0 bridgehead atoms. The van der Waals surface area contributed by atoms with Crippen LogP contribution in [0.4, 0.5) is 0 Å². The fourth-order valence-corrected chi connectivity index (χ4v) is 4.11. The van der Waals surface area contributed by atoms with Crippen molar-refractivity contribution in [2.24, 2.45) is 5.10 Å². The van der Waals surface area contributed by atoms with Crippen LogP contribution in [0.1, 0.15) is 26.5 Å². The zero-order valence-electron chi connectivity index (χ0n) is 18.5. The number of hydrazone groups is 1. The van der Waals surface area contributed by atoms with Gasteiger partial charge in [-0.15, -0.1) is 0 Å². The molecular weight excluding hydrogens is 590 g/mol.